The van der Waals surface area contributed by atoms with Crippen LogP contribution in [0.4, 0.5) is 0 Å². The predicted octanol–water partition coefficient (Wildman–Crippen LogP) is 0.586. The molecule has 20 heavy (non-hydrogen) atoms. The lowest BCUT2D eigenvalue weighted by Gasteiger charge is -2.11. The Labute approximate surface area is 122 Å². The number of aryl methyl sites for hydroxylation is 1. The van der Waals surface area contributed by atoms with E-state index in [0.29, 0.717) is 19.8 Å². The van der Waals surface area contributed by atoms with Crippen molar-refractivity contribution in [2.75, 3.05) is 19.7 Å². The Morgan fingerprint density at radius 3 is 3.15 bits per heavy atom. The van der Waals surface area contributed by atoms with Gasteiger partial charge in [-0.15, -0.1) is 21.5 Å². The van der Waals surface area contributed by atoms with Gasteiger partial charge in [-0.1, -0.05) is 6.07 Å². The first-order valence-electron chi connectivity index (χ1n) is 6.57. The summed E-state index contributed by atoms with van der Waals surface area (Å²) in [6.07, 6.45) is 1.98. The van der Waals surface area contributed by atoms with Crippen LogP contribution in [0.2, 0.25) is 0 Å². The minimum Gasteiger partial charge on any atom is -0.389 e. The Morgan fingerprint density at radius 2 is 2.45 bits per heavy atom. The topological polar surface area (TPSA) is 72.2 Å². The van der Waals surface area contributed by atoms with E-state index in [4.69, 9.17) is 4.74 Å². The predicted molar refractivity (Wildman–Crippen MR) is 77.6 cm³/mol. The van der Waals surface area contributed by atoms with Gasteiger partial charge in [-0.2, -0.15) is 0 Å². The summed E-state index contributed by atoms with van der Waals surface area (Å²) in [6.45, 7) is 2.18. The third-order valence-corrected chi connectivity index (χ3v) is 3.70. The average molecular weight is 296 g/mol. The van der Waals surface area contributed by atoms with Gasteiger partial charge in [0.25, 0.3) is 0 Å². The molecular weight excluding hydrogens is 276 g/mol. The highest BCUT2D eigenvalue weighted by atomic mass is 32.1. The summed E-state index contributed by atoms with van der Waals surface area (Å²) in [7, 11) is 1.92. The van der Waals surface area contributed by atoms with Crippen LogP contribution >= 0.6 is 11.3 Å². The quantitative estimate of drug-likeness (QED) is 0.663. The number of aliphatic hydroxyl groups excluding tert-OH is 1. The lowest BCUT2D eigenvalue weighted by Crippen LogP contribution is -2.31. The number of rotatable bonds is 9. The fraction of sp³-hybridized carbons (Fsp3) is 0.538. The van der Waals surface area contributed by atoms with Gasteiger partial charge in [0, 0.05) is 31.4 Å². The second kappa shape index (κ2) is 8.11. The van der Waals surface area contributed by atoms with Crippen LogP contribution in [0.3, 0.4) is 0 Å². The van der Waals surface area contributed by atoms with Crippen LogP contribution in [-0.4, -0.2) is 45.7 Å². The molecule has 0 aliphatic heterocycles. The van der Waals surface area contributed by atoms with Crippen molar-refractivity contribution in [3.05, 3.63) is 34.5 Å². The van der Waals surface area contributed by atoms with Crippen molar-refractivity contribution < 1.29 is 9.84 Å². The van der Waals surface area contributed by atoms with Crippen LogP contribution in [0.5, 0.6) is 0 Å². The van der Waals surface area contributed by atoms with Crippen molar-refractivity contribution in [3.8, 4) is 0 Å². The molecular formula is C13H20N4O2S. The van der Waals surface area contributed by atoms with Gasteiger partial charge in [0.1, 0.15) is 12.2 Å². The number of aromatic nitrogens is 3. The SMILES string of the molecule is Cn1cnnc1CCNCC(O)COCc1cccs1. The number of nitrogens with one attached hydrogen (secondary N) is 1. The highest BCUT2D eigenvalue weighted by Crippen LogP contribution is 2.09. The summed E-state index contributed by atoms with van der Waals surface area (Å²) >= 11 is 1.66. The molecule has 1 atom stereocenters. The van der Waals surface area contributed by atoms with E-state index in [2.05, 4.69) is 15.5 Å². The van der Waals surface area contributed by atoms with Crippen molar-refractivity contribution in [1.82, 2.24) is 20.1 Å². The van der Waals surface area contributed by atoms with Gasteiger partial charge >= 0.3 is 0 Å². The molecule has 6 nitrogen and oxygen atoms in total. The minimum atomic E-state index is -0.491. The number of hydrogen-bond donors (Lipinski definition) is 2. The number of hydrogen-bond acceptors (Lipinski definition) is 6. The van der Waals surface area contributed by atoms with Crippen molar-refractivity contribution in [2.45, 2.75) is 19.1 Å². The lowest BCUT2D eigenvalue weighted by molar-refractivity contribution is 0.0300. The summed E-state index contributed by atoms with van der Waals surface area (Å²) in [6, 6.07) is 4.02. The minimum absolute atomic E-state index is 0.342. The molecule has 2 aromatic rings. The van der Waals surface area contributed by atoms with E-state index in [1.54, 1.807) is 17.7 Å². The fourth-order valence-electron chi connectivity index (χ4n) is 1.75. The molecule has 7 heteroatoms. The summed E-state index contributed by atoms with van der Waals surface area (Å²) < 4.78 is 7.35. The first-order chi connectivity index (χ1) is 9.75. The van der Waals surface area contributed by atoms with Crippen LogP contribution < -0.4 is 5.32 Å². The van der Waals surface area contributed by atoms with Gasteiger partial charge in [-0.3, -0.25) is 0 Å². The Balaban J connectivity index is 1.52. The zero-order valence-corrected chi connectivity index (χ0v) is 12.3. The average Bonchev–Trinajstić information content (AvgIpc) is 3.07. The molecule has 1 unspecified atom stereocenters. The maximum Gasteiger partial charge on any atom is 0.133 e. The van der Waals surface area contributed by atoms with Gasteiger partial charge in [-0.25, -0.2) is 0 Å². The van der Waals surface area contributed by atoms with Gasteiger partial charge in [0.05, 0.1) is 19.3 Å². The zero-order chi connectivity index (χ0) is 14.2. The molecule has 0 amide bonds. The van der Waals surface area contributed by atoms with Crippen LogP contribution in [0, 0.1) is 0 Å². The molecule has 0 saturated carbocycles. The molecule has 2 aromatic heterocycles. The van der Waals surface area contributed by atoms with E-state index < -0.39 is 6.10 Å². The number of ether oxygens (including phenoxy) is 1. The Hall–Kier alpha value is -1.28. The first-order valence-corrected chi connectivity index (χ1v) is 7.45. The molecule has 0 radical (unpaired) electrons. The number of aliphatic hydroxyl groups is 1. The Kier molecular flexibility index (Phi) is 6.13. The molecule has 0 fully saturated rings. The maximum atomic E-state index is 9.77. The normalized spacial score (nSPS) is 12.7. The van der Waals surface area contributed by atoms with Gasteiger partial charge in [-0.05, 0) is 11.4 Å². The smallest absolute Gasteiger partial charge is 0.133 e. The van der Waals surface area contributed by atoms with Gasteiger partial charge in [0.2, 0.25) is 0 Å². The van der Waals surface area contributed by atoms with Gasteiger partial charge in [0.15, 0.2) is 0 Å². The monoisotopic (exact) mass is 296 g/mol. The highest BCUT2D eigenvalue weighted by Gasteiger charge is 2.05. The molecule has 0 aliphatic carbocycles. The van der Waals surface area contributed by atoms with Gasteiger partial charge < -0.3 is 19.7 Å². The second-order valence-corrected chi connectivity index (χ2v) is 5.59. The van der Waals surface area contributed by atoms with E-state index in [1.807, 2.05) is 29.1 Å². The highest BCUT2D eigenvalue weighted by molar-refractivity contribution is 7.09. The van der Waals surface area contributed by atoms with Crippen molar-refractivity contribution >= 4 is 11.3 Å². The van der Waals surface area contributed by atoms with E-state index >= 15 is 0 Å². The summed E-state index contributed by atoms with van der Waals surface area (Å²) in [5, 5.41) is 22.8. The molecule has 0 aromatic carbocycles. The molecule has 2 N–H and O–H groups in total. The molecule has 2 rings (SSSR count). The molecule has 0 aliphatic rings. The van der Waals surface area contributed by atoms with E-state index in [0.717, 1.165) is 18.8 Å². The lowest BCUT2D eigenvalue weighted by atomic mass is 10.3. The van der Waals surface area contributed by atoms with E-state index in [1.165, 1.54) is 4.88 Å². The van der Waals surface area contributed by atoms with Crippen LogP contribution in [-0.2, 0) is 24.8 Å². The molecule has 110 valence electrons. The molecule has 0 spiro atoms. The molecule has 0 bridgehead atoms. The summed E-state index contributed by atoms with van der Waals surface area (Å²) in [5.74, 6) is 0.931. The van der Waals surface area contributed by atoms with Crippen LogP contribution in [0.25, 0.3) is 0 Å². The zero-order valence-electron chi connectivity index (χ0n) is 11.5. The summed E-state index contributed by atoms with van der Waals surface area (Å²) in [4.78, 5) is 1.17. The number of nitrogens with zero attached hydrogens (tertiary/aromatic N) is 3. The molecule has 2 heterocycles. The second-order valence-electron chi connectivity index (χ2n) is 4.56. The number of thiophene rings is 1. The first kappa shape index (κ1) is 15.1. The largest absolute Gasteiger partial charge is 0.389 e. The third-order valence-electron chi connectivity index (χ3n) is 2.85. The third kappa shape index (κ3) is 5.01. The van der Waals surface area contributed by atoms with Crippen molar-refractivity contribution in [1.29, 1.82) is 0 Å². The maximum absolute atomic E-state index is 9.77. The van der Waals surface area contributed by atoms with Crippen LogP contribution in [0.1, 0.15) is 10.7 Å². The van der Waals surface area contributed by atoms with Crippen molar-refractivity contribution in [2.24, 2.45) is 7.05 Å². The summed E-state index contributed by atoms with van der Waals surface area (Å²) in [5.41, 5.74) is 0. The molecule has 0 saturated heterocycles. The van der Waals surface area contributed by atoms with Crippen LogP contribution in [0.15, 0.2) is 23.8 Å². The van der Waals surface area contributed by atoms with Crippen molar-refractivity contribution in [3.63, 3.8) is 0 Å². The van der Waals surface area contributed by atoms with E-state index in [9.17, 15) is 5.11 Å². The fourth-order valence-corrected chi connectivity index (χ4v) is 2.39. The standard InChI is InChI=1S/C13H20N4O2S/c1-17-10-15-16-13(17)4-5-14-7-11(18)8-19-9-12-3-2-6-20-12/h2-3,6,10-11,14,18H,4-5,7-9H2,1H3. The Bertz CT molecular complexity index is 486. The Morgan fingerprint density at radius 1 is 1.55 bits per heavy atom. The van der Waals surface area contributed by atoms with E-state index in [-0.39, 0.29) is 0 Å².